The molecule has 1 heterocycles. The van der Waals surface area contributed by atoms with Gasteiger partial charge in [-0.25, -0.2) is 0 Å². The van der Waals surface area contributed by atoms with Gasteiger partial charge in [0.2, 0.25) is 0 Å². The number of ketones is 1. The Labute approximate surface area is 294 Å². The highest BCUT2D eigenvalue weighted by molar-refractivity contribution is 5.96. The molecule has 0 aromatic heterocycles. The average molecular weight is 661 g/mol. The second-order valence-electron chi connectivity index (χ2n) is 16.0. The van der Waals surface area contributed by atoms with E-state index in [9.17, 15) is 15.0 Å². The van der Waals surface area contributed by atoms with Crippen molar-refractivity contribution in [3.8, 4) is 0 Å². The van der Waals surface area contributed by atoms with Crippen molar-refractivity contribution < 1.29 is 19.7 Å². The number of fused-ring (bicyclic) bond motifs is 1. The summed E-state index contributed by atoms with van der Waals surface area (Å²) >= 11 is 0. The Kier molecular flexibility index (Phi) is 16.0. The summed E-state index contributed by atoms with van der Waals surface area (Å²) in [5, 5.41) is 20.1. The van der Waals surface area contributed by atoms with Crippen LogP contribution in [0.25, 0.3) is 0 Å². The van der Waals surface area contributed by atoms with E-state index in [1.54, 1.807) is 0 Å². The Balaban J connectivity index is 0.000000416. The minimum absolute atomic E-state index is 0.0984. The molecule has 48 heavy (non-hydrogen) atoms. The van der Waals surface area contributed by atoms with Crippen LogP contribution in [0.1, 0.15) is 122 Å². The molecule has 0 radical (unpaired) electrons. The van der Waals surface area contributed by atoms with Gasteiger partial charge in [0.1, 0.15) is 5.60 Å². The summed E-state index contributed by atoms with van der Waals surface area (Å²) in [5.74, 6) is 0.716. The van der Waals surface area contributed by atoms with Crippen LogP contribution in [0.2, 0.25) is 0 Å². The first-order valence-corrected chi connectivity index (χ1v) is 17.6. The molecular weight excluding hydrogens is 592 g/mol. The van der Waals surface area contributed by atoms with Gasteiger partial charge in [-0.1, -0.05) is 131 Å². The fourth-order valence-electron chi connectivity index (χ4n) is 7.38. The highest BCUT2D eigenvalue weighted by atomic mass is 16.6. The summed E-state index contributed by atoms with van der Waals surface area (Å²) in [6, 6.07) is 0. The van der Waals surface area contributed by atoms with Gasteiger partial charge in [-0.2, -0.15) is 0 Å². The minimum Gasteiger partial charge on any atom is -0.393 e. The molecule has 1 saturated heterocycles. The molecule has 2 saturated carbocycles. The van der Waals surface area contributed by atoms with Gasteiger partial charge in [-0.05, 0) is 103 Å². The Hall–Kier alpha value is -2.79. The number of ether oxygens (including phenoxy) is 1. The van der Waals surface area contributed by atoms with Crippen LogP contribution in [0.15, 0.2) is 108 Å². The Bertz CT molecular complexity index is 1340. The fourth-order valence-corrected chi connectivity index (χ4v) is 7.38. The number of carbonyl (C=O) groups is 1. The fraction of sp³-hybridized carbons (Fsp3) is 0.568. The quantitative estimate of drug-likeness (QED) is 0.112. The maximum atomic E-state index is 12.7. The lowest BCUT2D eigenvalue weighted by Crippen LogP contribution is -2.48. The van der Waals surface area contributed by atoms with Gasteiger partial charge in [-0.3, -0.25) is 4.79 Å². The monoisotopic (exact) mass is 661 g/mol. The normalized spacial score (nSPS) is 31.9. The summed E-state index contributed by atoms with van der Waals surface area (Å²) in [4.78, 5) is 12.7. The van der Waals surface area contributed by atoms with E-state index in [-0.39, 0.29) is 28.3 Å². The van der Waals surface area contributed by atoms with E-state index in [0.29, 0.717) is 25.2 Å². The first-order chi connectivity index (χ1) is 22.0. The molecule has 0 spiro atoms. The molecule has 5 atom stereocenters. The van der Waals surface area contributed by atoms with E-state index in [1.165, 1.54) is 11.1 Å². The number of allylic oxidation sites excluding steroid dienone is 15. The average Bonchev–Trinajstić information content (AvgIpc) is 3.58. The van der Waals surface area contributed by atoms with Crippen molar-refractivity contribution in [1.29, 1.82) is 0 Å². The Morgan fingerprint density at radius 3 is 1.94 bits per heavy atom. The number of aliphatic hydroxyl groups excluding tert-OH is 1. The van der Waals surface area contributed by atoms with Gasteiger partial charge in [0, 0.05) is 12.8 Å². The molecule has 3 rings (SSSR count). The molecule has 4 heteroatoms. The zero-order chi connectivity index (χ0) is 37.1. The predicted octanol–water partition coefficient (Wildman–Crippen LogP) is 11.1. The van der Waals surface area contributed by atoms with Crippen molar-refractivity contribution >= 4 is 5.78 Å². The van der Waals surface area contributed by atoms with E-state index in [2.05, 4.69) is 66.9 Å². The Morgan fingerprint density at radius 1 is 0.854 bits per heavy atom. The summed E-state index contributed by atoms with van der Waals surface area (Å²) in [6.07, 6.45) is 25.2. The first-order valence-electron chi connectivity index (χ1n) is 17.6. The molecule has 3 aliphatic rings. The third-order valence-corrected chi connectivity index (χ3v) is 10.3. The van der Waals surface area contributed by atoms with Crippen molar-refractivity contribution in [2.75, 3.05) is 0 Å². The predicted molar refractivity (Wildman–Crippen MR) is 207 cm³/mol. The number of hydrogen-bond acceptors (Lipinski definition) is 4. The molecule has 1 aliphatic heterocycles. The van der Waals surface area contributed by atoms with Gasteiger partial charge in [0.05, 0.1) is 17.3 Å². The van der Waals surface area contributed by atoms with Gasteiger partial charge in [-0.15, -0.1) is 0 Å². The van der Waals surface area contributed by atoms with Gasteiger partial charge >= 0.3 is 0 Å². The molecule has 2 aliphatic carbocycles. The lowest BCUT2D eigenvalue weighted by Gasteiger charge is -2.45. The summed E-state index contributed by atoms with van der Waals surface area (Å²) in [5.41, 5.74) is 3.73. The van der Waals surface area contributed by atoms with Crippen LogP contribution < -0.4 is 0 Å². The lowest BCUT2D eigenvalue weighted by atomic mass is 9.61. The molecule has 0 aromatic carbocycles. The highest BCUT2D eigenvalue weighted by Crippen LogP contribution is 2.67. The zero-order valence-corrected chi connectivity index (χ0v) is 32.7. The summed E-state index contributed by atoms with van der Waals surface area (Å²) in [7, 11) is 0. The van der Waals surface area contributed by atoms with Crippen LogP contribution in [-0.2, 0) is 9.53 Å². The molecule has 0 aromatic rings. The van der Waals surface area contributed by atoms with E-state index < -0.39 is 11.2 Å². The third-order valence-electron chi connectivity index (χ3n) is 10.3. The van der Waals surface area contributed by atoms with Crippen LogP contribution in [0.4, 0.5) is 0 Å². The smallest absolute Gasteiger partial charge is 0.161 e. The van der Waals surface area contributed by atoms with E-state index in [1.807, 2.05) is 103 Å². The topological polar surface area (TPSA) is 70.1 Å². The standard InChI is InChI=1S/C22H32O3.C11H20O.C11H16/c1-7-8-10-16(2)11-9-12-17(3)19(24)15-22-20(4,5)13-18(23)14-21(22,6)25-22;1-8-6-10(3,4)9(2)11(5,12)7-8;1-5-10(3)8-7-9-11(4)6-2/h7-12,18,23H,13-15H2,1-6H3;8,12H,2,6-7H2,1,3-5H3;5-9H,1H2,2-4H3/b8-7+,11-9+,16-10+,17-12+;;9-7+,10-8+,11-6+/t18-,21+,22-;8-,11+;/m00./s1. The molecule has 0 amide bonds. The maximum absolute atomic E-state index is 12.7. The van der Waals surface area contributed by atoms with E-state index in [0.717, 1.165) is 29.6 Å². The van der Waals surface area contributed by atoms with Crippen molar-refractivity contribution in [1.82, 2.24) is 0 Å². The van der Waals surface area contributed by atoms with Crippen LogP contribution >= 0.6 is 0 Å². The van der Waals surface area contributed by atoms with Crippen LogP contribution in [0.5, 0.6) is 0 Å². The Morgan fingerprint density at radius 2 is 1.42 bits per heavy atom. The second-order valence-corrected chi connectivity index (χ2v) is 16.0. The summed E-state index contributed by atoms with van der Waals surface area (Å²) in [6.45, 7) is 34.3. The number of hydrogen-bond donors (Lipinski definition) is 2. The second kappa shape index (κ2) is 17.7. The molecule has 0 unspecified atom stereocenters. The van der Waals surface area contributed by atoms with Crippen molar-refractivity contribution in [2.45, 2.75) is 145 Å². The maximum Gasteiger partial charge on any atom is 0.161 e. The number of aliphatic hydroxyl groups is 2. The van der Waals surface area contributed by atoms with Crippen molar-refractivity contribution in [3.05, 3.63) is 108 Å². The molecule has 0 bridgehead atoms. The van der Waals surface area contributed by atoms with E-state index >= 15 is 0 Å². The molecule has 3 fully saturated rings. The third kappa shape index (κ3) is 12.0. The van der Waals surface area contributed by atoms with Gasteiger partial charge in [0.25, 0.3) is 0 Å². The molecule has 2 N–H and O–H groups in total. The van der Waals surface area contributed by atoms with Crippen LogP contribution in [0.3, 0.4) is 0 Å². The number of rotatable bonds is 9. The van der Waals surface area contributed by atoms with Gasteiger partial charge in [0.15, 0.2) is 5.78 Å². The summed E-state index contributed by atoms with van der Waals surface area (Å²) < 4.78 is 6.10. The van der Waals surface area contributed by atoms with Crippen LogP contribution in [-0.4, -0.2) is 38.9 Å². The lowest BCUT2D eigenvalue weighted by molar-refractivity contribution is -0.118. The molecule has 4 nitrogen and oxygen atoms in total. The van der Waals surface area contributed by atoms with E-state index in [4.69, 9.17) is 4.74 Å². The van der Waals surface area contributed by atoms with Crippen molar-refractivity contribution in [2.24, 2.45) is 16.7 Å². The number of carbonyl (C=O) groups excluding carboxylic acids is 1. The highest BCUT2D eigenvalue weighted by Gasteiger charge is 2.76. The molecule has 268 valence electrons. The molecular formula is C44H68O4. The largest absolute Gasteiger partial charge is 0.393 e. The number of epoxide rings is 1. The number of Topliss-reactive ketones (excluding diaryl/α,β-unsaturated/α-hetero) is 1. The van der Waals surface area contributed by atoms with Crippen LogP contribution in [0, 0.1) is 16.7 Å². The first kappa shape index (κ1) is 43.2. The minimum atomic E-state index is -0.652. The SMILES string of the molecule is C/C=C/C=C(C)/C=C/C=C(\C)C(=O)C[C@@]12O[C@]1(C)C[C@@H](O)CC2(C)C.C=C/C(C)=C/C=C/C(C)=C/C.C=C1C(C)(C)C[C@H](C)C[C@@]1(C)O. The van der Waals surface area contributed by atoms with Gasteiger partial charge < -0.3 is 14.9 Å². The van der Waals surface area contributed by atoms with Crippen molar-refractivity contribution in [3.63, 3.8) is 0 Å². The zero-order valence-electron chi connectivity index (χ0n) is 32.7.